The molecule has 0 saturated carbocycles. The number of benzene rings is 1. The first kappa shape index (κ1) is 21.3. The summed E-state index contributed by atoms with van der Waals surface area (Å²) in [6.45, 7) is 3.13. The van der Waals surface area contributed by atoms with Gasteiger partial charge in [0.05, 0.1) is 5.75 Å². The Labute approximate surface area is 166 Å². The monoisotopic (exact) mass is 456 g/mol. The molecule has 0 aliphatic heterocycles. The summed E-state index contributed by atoms with van der Waals surface area (Å²) in [7, 11) is -3.98. The van der Waals surface area contributed by atoms with Gasteiger partial charge in [-0.25, -0.2) is 4.98 Å². The molecule has 1 heterocycles. The number of anilines is 1. The van der Waals surface area contributed by atoms with Crippen LogP contribution in [0.4, 0.5) is 17.2 Å². The summed E-state index contributed by atoms with van der Waals surface area (Å²) in [6, 6.07) is 8.47. The number of rotatable bonds is 9. The smallest absolute Gasteiger partial charge is 0.264 e. The third-order valence-corrected chi connectivity index (χ3v) is 4.89. The molecule has 0 fully saturated rings. The average molecular weight is 457 g/mol. The molecule has 8 nitrogen and oxygen atoms in total. The van der Waals surface area contributed by atoms with Crippen LogP contribution in [-0.4, -0.2) is 41.9 Å². The minimum atomic E-state index is -3.98. The van der Waals surface area contributed by atoms with Crippen molar-refractivity contribution < 1.29 is 18.1 Å². The van der Waals surface area contributed by atoms with Gasteiger partial charge in [-0.1, -0.05) is 6.92 Å². The van der Waals surface area contributed by atoms with Crippen LogP contribution < -0.4 is 4.90 Å². The number of aromatic hydroxyl groups is 1. The van der Waals surface area contributed by atoms with E-state index in [0.29, 0.717) is 24.6 Å². The summed E-state index contributed by atoms with van der Waals surface area (Å²) in [5, 5.41) is 18.2. The Morgan fingerprint density at radius 3 is 2.56 bits per heavy atom. The van der Waals surface area contributed by atoms with Crippen LogP contribution in [0, 0.1) is 0 Å². The van der Waals surface area contributed by atoms with E-state index in [1.807, 2.05) is 11.8 Å². The number of phenols is 1. The molecule has 1 aromatic heterocycles. The van der Waals surface area contributed by atoms with Crippen LogP contribution in [0.25, 0.3) is 0 Å². The van der Waals surface area contributed by atoms with Gasteiger partial charge in [-0.15, -0.1) is 10.2 Å². The molecule has 0 saturated heterocycles. The molecular weight excluding hydrogens is 436 g/mol. The van der Waals surface area contributed by atoms with Gasteiger partial charge < -0.3 is 10.0 Å². The molecule has 0 atom stereocenters. The fourth-order valence-corrected chi connectivity index (χ4v) is 3.13. The van der Waals surface area contributed by atoms with E-state index in [1.165, 1.54) is 0 Å². The summed E-state index contributed by atoms with van der Waals surface area (Å²) in [4.78, 5) is 6.03. The first-order valence-electron chi connectivity index (χ1n) is 8.35. The van der Waals surface area contributed by atoms with Crippen molar-refractivity contribution in [1.29, 1.82) is 0 Å². The number of azo groups is 1. The third-order valence-electron chi connectivity index (χ3n) is 3.62. The van der Waals surface area contributed by atoms with Gasteiger partial charge in [0.25, 0.3) is 10.1 Å². The largest absolute Gasteiger partial charge is 0.506 e. The fourth-order valence-electron chi connectivity index (χ4n) is 2.40. The van der Waals surface area contributed by atoms with Crippen molar-refractivity contribution in [3.05, 3.63) is 41.0 Å². The van der Waals surface area contributed by atoms with Gasteiger partial charge in [-0.3, -0.25) is 4.55 Å². The molecule has 0 radical (unpaired) electrons. The SMILES string of the molecule is CCCN(CCCS(=O)(=O)O)c1ccc(N=Nc2ccc(Br)cn2)c(O)c1. The number of aromatic nitrogens is 1. The maximum atomic E-state index is 10.9. The van der Waals surface area contributed by atoms with Crippen molar-refractivity contribution in [2.75, 3.05) is 23.7 Å². The Bertz CT molecular complexity index is 888. The van der Waals surface area contributed by atoms with Gasteiger partial charge in [0.1, 0.15) is 11.4 Å². The number of halogens is 1. The topological polar surface area (TPSA) is 115 Å². The van der Waals surface area contributed by atoms with Gasteiger partial charge in [-0.05, 0) is 53.0 Å². The highest BCUT2D eigenvalue weighted by molar-refractivity contribution is 9.10. The lowest BCUT2D eigenvalue weighted by atomic mass is 10.2. The molecule has 2 aromatic rings. The van der Waals surface area contributed by atoms with Crippen LogP contribution in [0.1, 0.15) is 19.8 Å². The highest BCUT2D eigenvalue weighted by atomic mass is 79.9. The lowest BCUT2D eigenvalue weighted by Crippen LogP contribution is -2.26. The molecule has 2 N–H and O–H groups in total. The number of phenolic OH excluding ortho intramolecular Hbond substituents is 1. The van der Waals surface area contributed by atoms with E-state index in [4.69, 9.17) is 4.55 Å². The Hall–Kier alpha value is -2.04. The third kappa shape index (κ3) is 7.24. The molecule has 10 heteroatoms. The number of hydrogen-bond donors (Lipinski definition) is 2. The molecule has 0 unspecified atom stereocenters. The van der Waals surface area contributed by atoms with Gasteiger partial charge in [0.2, 0.25) is 0 Å². The fraction of sp³-hybridized carbons (Fsp3) is 0.353. The molecule has 0 spiro atoms. The molecule has 1 aromatic carbocycles. The lowest BCUT2D eigenvalue weighted by Gasteiger charge is -2.24. The van der Waals surface area contributed by atoms with Crippen LogP contribution >= 0.6 is 15.9 Å². The Balaban J connectivity index is 2.11. The van der Waals surface area contributed by atoms with E-state index in [-0.39, 0.29) is 17.9 Å². The molecular formula is C17H21BrN4O4S. The zero-order chi connectivity index (χ0) is 19.9. The number of nitrogens with zero attached hydrogens (tertiary/aromatic N) is 4. The predicted octanol–water partition coefficient (Wildman–Crippen LogP) is 4.46. The molecule has 0 bridgehead atoms. The number of pyridine rings is 1. The molecule has 0 aliphatic carbocycles. The van der Waals surface area contributed by atoms with Crippen molar-refractivity contribution in [3.63, 3.8) is 0 Å². The normalized spacial score (nSPS) is 11.8. The van der Waals surface area contributed by atoms with Crippen LogP contribution in [0.2, 0.25) is 0 Å². The Kier molecular flexibility index (Phi) is 7.69. The second-order valence-electron chi connectivity index (χ2n) is 5.83. The van der Waals surface area contributed by atoms with Gasteiger partial charge in [-0.2, -0.15) is 8.42 Å². The molecule has 0 aliphatic rings. The minimum absolute atomic E-state index is 0.0377. The highest BCUT2D eigenvalue weighted by Crippen LogP contribution is 2.32. The summed E-state index contributed by atoms with van der Waals surface area (Å²) in [5.74, 6) is 0.0785. The standard InChI is InChI=1S/C17H21BrN4O4S/c1-2-8-22(9-3-10-27(24,25)26)14-5-6-15(16(23)11-14)20-21-17-7-4-13(18)12-19-17/h4-7,11-12,23H,2-3,8-10H2,1H3,(H,24,25,26). The van der Waals surface area contributed by atoms with Crippen LogP contribution in [0.5, 0.6) is 5.75 Å². The quantitative estimate of drug-likeness (QED) is 0.424. The lowest BCUT2D eigenvalue weighted by molar-refractivity contribution is 0.475. The van der Waals surface area contributed by atoms with E-state index < -0.39 is 10.1 Å². The second-order valence-corrected chi connectivity index (χ2v) is 8.32. The Morgan fingerprint density at radius 1 is 1.19 bits per heavy atom. The van der Waals surface area contributed by atoms with E-state index >= 15 is 0 Å². The molecule has 27 heavy (non-hydrogen) atoms. The van der Waals surface area contributed by atoms with Gasteiger partial charge in [0.15, 0.2) is 5.82 Å². The van der Waals surface area contributed by atoms with E-state index in [2.05, 4.69) is 31.1 Å². The predicted molar refractivity (Wildman–Crippen MR) is 108 cm³/mol. The van der Waals surface area contributed by atoms with Crippen molar-refractivity contribution in [1.82, 2.24) is 4.98 Å². The zero-order valence-electron chi connectivity index (χ0n) is 14.8. The summed E-state index contributed by atoms with van der Waals surface area (Å²) in [5.41, 5.74) is 1.04. The van der Waals surface area contributed by atoms with Crippen molar-refractivity contribution >= 4 is 43.2 Å². The van der Waals surface area contributed by atoms with Gasteiger partial charge in [0, 0.05) is 35.5 Å². The summed E-state index contributed by atoms with van der Waals surface area (Å²) in [6.07, 6.45) is 2.74. The maximum Gasteiger partial charge on any atom is 0.264 e. The summed E-state index contributed by atoms with van der Waals surface area (Å²) >= 11 is 3.29. The van der Waals surface area contributed by atoms with Gasteiger partial charge >= 0.3 is 0 Å². The van der Waals surface area contributed by atoms with Crippen LogP contribution in [0.3, 0.4) is 0 Å². The van der Waals surface area contributed by atoms with Crippen molar-refractivity contribution in [3.8, 4) is 5.75 Å². The molecule has 146 valence electrons. The molecule has 0 amide bonds. The number of hydrogen-bond acceptors (Lipinski definition) is 7. The zero-order valence-corrected chi connectivity index (χ0v) is 17.2. The van der Waals surface area contributed by atoms with Crippen LogP contribution in [0.15, 0.2) is 51.2 Å². The van der Waals surface area contributed by atoms with E-state index in [9.17, 15) is 13.5 Å². The van der Waals surface area contributed by atoms with Crippen molar-refractivity contribution in [2.24, 2.45) is 10.2 Å². The highest BCUT2D eigenvalue weighted by Gasteiger charge is 2.11. The van der Waals surface area contributed by atoms with Crippen LogP contribution in [-0.2, 0) is 10.1 Å². The minimum Gasteiger partial charge on any atom is -0.506 e. The average Bonchev–Trinajstić information content (AvgIpc) is 2.60. The second kappa shape index (κ2) is 9.77. The van der Waals surface area contributed by atoms with E-state index in [1.54, 1.807) is 36.5 Å². The maximum absolute atomic E-state index is 10.9. The first-order valence-corrected chi connectivity index (χ1v) is 10.7. The molecule has 2 rings (SSSR count). The van der Waals surface area contributed by atoms with E-state index in [0.717, 1.165) is 16.6 Å². The first-order chi connectivity index (χ1) is 12.8. The Morgan fingerprint density at radius 2 is 1.96 bits per heavy atom. The van der Waals surface area contributed by atoms with Crippen molar-refractivity contribution in [2.45, 2.75) is 19.8 Å². The summed E-state index contributed by atoms with van der Waals surface area (Å²) < 4.78 is 31.5.